The molecule has 0 aromatic heterocycles. The fourth-order valence-corrected chi connectivity index (χ4v) is 3.16. The number of Topliss-reactive ketones (excluding diaryl/α,β-unsaturated/α-hetero) is 1. The van der Waals surface area contributed by atoms with Crippen LogP contribution in [0.5, 0.6) is 0 Å². The van der Waals surface area contributed by atoms with Gasteiger partial charge in [-0.3, -0.25) is 9.52 Å². The fourth-order valence-electron chi connectivity index (χ4n) is 1.82. The highest BCUT2D eigenvalue weighted by Crippen LogP contribution is 2.20. The van der Waals surface area contributed by atoms with E-state index in [1.807, 2.05) is 0 Å². The SMILES string of the molecule is CC(=O)c1ccc(C)c(S(=O)(=O)Nc2ccccc2)c1. The minimum Gasteiger partial charge on any atom is -0.295 e. The quantitative estimate of drug-likeness (QED) is 0.880. The van der Waals surface area contributed by atoms with Crippen molar-refractivity contribution in [3.63, 3.8) is 0 Å². The minimum absolute atomic E-state index is 0.119. The average Bonchev–Trinajstić information content (AvgIpc) is 2.39. The number of benzene rings is 2. The standard InChI is InChI=1S/C15H15NO3S/c1-11-8-9-13(12(2)17)10-15(11)20(18,19)16-14-6-4-3-5-7-14/h3-10,16H,1-2H3. The van der Waals surface area contributed by atoms with Crippen molar-refractivity contribution in [2.24, 2.45) is 0 Å². The molecule has 104 valence electrons. The highest BCUT2D eigenvalue weighted by molar-refractivity contribution is 7.92. The summed E-state index contributed by atoms with van der Waals surface area (Å²) < 4.78 is 27.3. The van der Waals surface area contributed by atoms with Crippen molar-refractivity contribution in [2.75, 3.05) is 4.72 Å². The number of anilines is 1. The number of nitrogens with one attached hydrogen (secondary N) is 1. The van der Waals surface area contributed by atoms with E-state index in [1.54, 1.807) is 49.4 Å². The van der Waals surface area contributed by atoms with Crippen LogP contribution in [0, 0.1) is 6.92 Å². The van der Waals surface area contributed by atoms with E-state index in [-0.39, 0.29) is 10.7 Å². The van der Waals surface area contributed by atoms with Crippen LogP contribution in [-0.2, 0) is 10.0 Å². The molecule has 0 fully saturated rings. The molecule has 0 radical (unpaired) electrons. The first-order chi connectivity index (χ1) is 9.40. The number of ketones is 1. The number of hydrogen-bond donors (Lipinski definition) is 1. The summed E-state index contributed by atoms with van der Waals surface area (Å²) in [5, 5.41) is 0. The van der Waals surface area contributed by atoms with Crippen LogP contribution in [0.15, 0.2) is 53.4 Å². The summed E-state index contributed by atoms with van der Waals surface area (Å²) in [5.74, 6) is -0.166. The second kappa shape index (κ2) is 5.46. The molecule has 0 bridgehead atoms. The van der Waals surface area contributed by atoms with Crippen molar-refractivity contribution in [3.8, 4) is 0 Å². The summed E-state index contributed by atoms with van der Waals surface area (Å²) in [4.78, 5) is 11.5. The zero-order valence-electron chi connectivity index (χ0n) is 11.3. The average molecular weight is 289 g/mol. The van der Waals surface area contributed by atoms with E-state index >= 15 is 0 Å². The summed E-state index contributed by atoms with van der Waals surface area (Å²) in [7, 11) is -3.70. The van der Waals surface area contributed by atoms with Crippen LogP contribution in [0.1, 0.15) is 22.8 Å². The number of rotatable bonds is 4. The molecule has 4 nitrogen and oxygen atoms in total. The lowest BCUT2D eigenvalue weighted by atomic mass is 10.1. The molecule has 0 saturated heterocycles. The van der Waals surface area contributed by atoms with E-state index in [4.69, 9.17) is 0 Å². The Morgan fingerprint density at radius 2 is 1.70 bits per heavy atom. The zero-order valence-corrected chi connectivity index (χ0v) is 12.1. The van der Waals surface area contributed by atoms with Crippen LogP contribution in [0.4, 0.5) is 5.69 Å². The van der Waals surface area contributed by atoms with Gasteiger partial charge in [-0.1, -0.05) is 30.3 Å². The van der Waals surface area contributed by atoms with E-state index < -0.39 is 10.0 Å². The largest absolute Gasteiger partial charge is 0.295 e. The van der Waals surface area contributed by atoms with E-state index in [2.05, 4.69) is 4.72 Å². The molecule has 0 amide bonds. The Kier molecular flexibility index (Phi) is 3.90. The van der Waals surface area contributed by atoms with Crippen LogP contribution >= 0.6 is 0 Å². The number of hydrogen-bond acceptors (Lipinski definition) is 3. The maximum Gasteiger partial charge on any atom is 0.262 e. The second-order valence-electron chi connectivity index (χ2n) is 4.51. The molecule has 0 spiro atoms. The van der Waals surface area contributed by atoms with E-state index in [0.717, 1.165) is 0 Å². The summed E-state index contributed by atoms with van der Waals surface area (Å²) in [5.41, 5.74) is 1.46. The lowest BCUT2D eigenvalue weighted by molar-refractivity contribution is 0.101. The molecule has 0 aliphatic rings. The normalized spacial score (nSPS) is 11.1. The first kappa shape index (κ1) is 14.3. The van der Waals surface area contributed by atoms with Crippen molar-refractivity contribution >= 4 is 21.5 Å². The molecule has 0 aliphatic heterocycles. The maximum absolute atomic E-state index is 12.4. The number of aryl methyl sites for hydroxylation is 1. The topological polar surface area (TPSA) is 63.2 Å². The van der Waals surface area contributed by atoms with E-state index in [0.29, 0.717) is 16.8 Å². The molecule has 1 N–H and O–H groups in total. The van der Waals surface area contributed by atoms with Crippen molar-refractivity contribution < 1.29 is 13.2 Å². The van der Waals surface area contributed by atoms with Gasteiger partial charge in [-0.2, -0.15) is 0 Å². The first-order valence-corrected chi connectivity index (χ1v) is 7.58. The van der Waals surface area contributed by atoms with Crippen LogP contribution in [0.25, 0.3) is 0 Å². The highest BCUT2D eigenvalue weighted by atomic mass is 32.2. The lowest BCUT2D eigenvalue weighted by Crippen LogP contribution is -2.15. The Bertz CT molecular complexity index is 737. The van der Waals surface area contributed by atoms with Gasteiger partial charge in [0.25, 0.3) is 10.0 Å². The maximum atomic E-state index is 12.4. The van der Waals surface area contributed by atoms with Gasteiger partial charge in [0.05, 0.1) is 4.90 Å². The molecule has 2 aromatic carbocycles. The second-order valence-corrected chi connectivity index (χ2v) is 6.16. The van der Waals surface area contributed by atoms with Crippen molar-refractivity contribution in [1.82, 2.24) is 0 Å². The molecule has 0 atom stereocenters. The highest BCUT2D eigenvalue weighted by Gasteiger charge is 2.18. The van der Waals surface area contributed by atoms with Crippen molar-refractivity contribution in [3.05, 3.63) is 59.7 Å². The Labute approximate surface area is 118 Å². The predicted molar refractivity (Wildman–Crippen MR) is 78.4 cm³/mol. The molecule has 0 saturated carbocycles. The third-order valence-electron chi connectivity index (χ3n) is 2.91. The van der Waals surface area contributed by atoms with Gasteiger partial charge in [-0.15, -0.1) is 0 Å². The molecule has 20 heavy (non-hydrogen) atoms. The predicted octanol–water partition coefficient (Wildman–Crippen LogP) is 3.00. The Balaban J connectivity index is 2.44. The van der Waals surface area contributed by atoms with Crippen LogP contribution < -0.4 is 4.72 Å². The van der Waals surface area contributed by atoms with Gasteiger partial charge in [-0.25, -0.2) is 8.42 Å². The Morgan fingerprint density at radius 1 is 1.05 bits per heavy atom. The molecule has 2 rings (SSSR count). The smallest absolute Gasteiger partial charge is 0.262 e. The van der Waals surface area contributed by atoms with Crippen LogP contribution in [0.3, 0.4) is 0 Å². The number of sulfonamides is 1. The monoisotopic (exact) mass is 289 g/mol. The van der Waals surface area contributed by atoms with E-state index in [1.165, 1.54) is 13.0 Å². The van der Waals surface area contributed by atoms with E-state index in [9.17, 15) is 13.2 Å². The molecular weight excluding hydrogens is 274 g/mol. The molecule has 5 heteroatoms. The zero-order chi connectivity index (χ0) is 14.8. The minimum atomic E-state index is -3.70. The Hall–Kier alpha value is -2.14. The summed E-state index contributed by atoms with van der Waals surface area (Å²) in [6.07, 6.45) is 0. The molecule has 0 aliphatic carbocycles. The fraction of sp³-hybridized carbons (Fsp3) is 0.133. The van der Waals surface area contributed by atoms with Crippen LogP contribution in [-0.4, -0.2) is 14.2 Å². The first-order valence-electron chi connectivity index (χ1n) is 6.09. The number of para-hydroxylation sites is 1. The third kappa shape index (κ3) is 3.05. The Morgan fingerprint density at radius 3 is 2.30 bits per heavy atom. The van der Waals surface area contributed by atoms with Crippen LogP contribution in [0.2, 0.25) is 0 Å². The van der Waals surface area contributed by atoms with Gasteiger partial charge >= 0.3 is 0 Å². The van der Waals surface area contributed by atoms with Crippen molar-refractivity contribution in [1.29, 1.82) is 0 Å². The molecule has 2 aromatic rings. The number of carbonyl (C=O) groups excluding carboxylic acids is 1. The number of carbonyl (C=O) groups is 1. The summed E-state index contributed by atoms with van der Waals surface area (Å²) >= 11 is 0. The summed E-state index contributed by atoms with van der Waals surface area (Å²) in [6, 6.07) is 13.3. The third-order valence-corrected chi connectivity index (χ3v) is 4.43. The van der Waals surface area contributed by atoms with Gasteiger partial charge in [0, 0.05) is 11.3 Å². The molecule has 0 heterocycles. The lowest BCUT2D eigenvalue weighted by Gasteiger charge is -2.11. The molecular formula is C15H15NO3S. The molecule has 0 unspecified atom stereocenters. The van der Waals surface area contributed by atoms with Gasteiger partial charge in [-0.05, 0) is 37.6 Å². The summed E-state index contributed by atoms with van der Waals surface area (Å²) in [6.45, 7) is 3.11. The van der Waals surface area contributed by atoms with Gasteiger partial charge in [0.2, 0.25) is 0 Å². The van der Waals surface area contributed by atoms with Gasteiger partial charge < -0.3 is 0 Å². The van der Waals surface area contributed by atoms with Gasteiger partial charge in [0.15, 0.2) is 5.78 Å². The van der Waals surface area contributed by atoms with Crippen molar-refractivity contribution in [2.45, 2.75) is 18.7 Å². The van der Waals surface area contributed by atoms with Gasteiger partial charge in [0.1, 0.15) is 0 Å².